The molecule has 0 spiro atoms. The van der Waals surface area contributed by atoms with Crippen molar-refractivity contribution in [1.29, 1.82) is 0 Å². The minimum absolute atomic E-state index is 0.0191. The molecule has 3 rings (SSSR count). The summed E-state index contributed by atoms with van der Waals surface area (Å²) in [5, 5.41) is 0. The normalized spacial score (nSPS) is 15.1. The number of amides is 1. The first-order valence-corrected chi connectivity index (χ1v) is 8.29. The molecule has 0 radical (unpaired) electrons. The molecule has 2 aromatic rings. The summed E-state index contributed by atoms with van der Waals surface area (Å²) >= 11 is 0. The van der Waals surface area contributed by atoms with Crippen LogP contribution in [0.2, 0.25) is 0 Å². The van der Waals surface area contributed by atoms with Gasteiger partial charge < -0.3 is 18.8 Å². The van der Waals surface area contributed by atoms with Crippen LogP contribution in [-0.4, -0.2) is 37.2 Å². The molecule has 0 bridgehead atoms. The van der Waals surface area contributed by atoms with Gasteiger partial charge in [-0.1, -0.05) is 12.1 Å². The first-order chi connectivity index (χ1) is 11.7. The number of methoxy groups -OCH3 is 1. The van der Waals surface area contributed by atoms with Crippen molar-refractivity contribution >= 4 is 5.91 Å². The van der Waals surface area contributed by atoms with E-state index in [1.165, 1.54) is 0 Å². The van der Waals surface area contributed by atoms with Gasteiger partial charge in [-0.2, -0.15) is 0 Å². The van der Waals surface area contributed by atoms with Crippen LogP contribution in [0.4, 0.5) is 0 Å². The van der Waals surface area contributed by atoms with Gasteiger partial charge in [0.25, 0.3) is 5.91 Å². The average Bonchev–Trinajstić information content (AvgIpc) is 3.27. The maximum atomic E-state index is 13.2. The average molecular weight is 329 g/mol. The number of para-hydroxylation sites is 1. The van der Waals surface area contributed by atoms with E-state index in [4.69, 9.17) is 13.9 Å². The van der Waals surface area contributed by atoms with Gasteiger partial charge in [0, 0.05) is 13.2 Å². The Morgan fingerprint density at radius 1 is 1.25 bits per heavy atom. The van der Waals surface area contributed by atoms with Gasteiger partial charge in [0.2, 0.25) is 0 Å². The summed E-state index contributed by atoms with van der Waals surface area (Å²) in [6.07, 6.45) is 3.70. The highest BCUT2D eigenvalue weighted by molar-refractivity contribution is 5.97. The van der Waals surface area contributed by atoms with Crippen molar-refractivity contribution in [1.82, 2.24) is 4.90 Å². The number of carbonyl (C=O) groups excluding carboxylic acids is 1. The predicted molar refractivity (Wildman–Crippen MR) is 90.1 cm³/mol. The quantitative estimate of drug-likeness (QED) is 0.693. The van der Waals surface area contributed by atoms with Crippen LogP contribution in [0.25, 0.3) is 0 Å². The van der Waals surface area contributed by atoms with Gasteiger partial charge in [0.15, 0.2) is 0 Å². The van der Waals surface area contributed by atoms with Crippen LogP contribution in [0.1, 0.15) is 41.9 Å². The number of furan rings is 1. The zero-order valence-corrected chi connectivity index (χ0v) is 14.1. The molecule has 1 aromatic carbocycles. The van der Waals surface area contributed by atoms with E-state index in [2.05, 4.69) is 0 Å². The molecule has 1 fully saturated rings. The number of nitrogens with zero attached hydrogens (tertiary/aromatic N) is 1. The predicted octanol–water partition coefficient (Wildman–Crippen LogP) is 3.67. The Morgan fingerprint density at radius 2 is 2.04 bits per heavy atom. The van der Waals surface area contributed by atoms with Crippen LogP contribution in [0.5, 0.6) is 5.75 Å². The van der Waals surface area contributed by atoms with Crippen molar-refractivity contribution in [3.05, 3.63) is 54.0 Å². The maximum absolute atomic E-state index is 13.2. The zero-order valence-electron chi connectivity index (χ0n) is 14.1. The lowest BCUT2D eigenvalue weighted by molar-refractivity contribution is 0.0646. The second-order valence-corrected chi connectivity index (χ2v) is 5.97. The third-order valence-corrected chi connectivity index (χ3v) is 4.21. The van der Waals surface area contributed by atoms with E-state index in [1.54, 1.807) is 13.4 Å². The van der Waals surface area contributed by atoms with Crippen LogP contribution < -0.4 is 4.74 Å². The van der Waals surface area contributed by atoms with Gasteiger partial charge in [-0.15, -0.1) is 0 Å². The van der Waals surface area contributed by atoms with E-state index in [-0.39, 0.29) is 18.0 Å². The Bertz CT molecular complexity index is 664. The van der Waals surface area contributed by atoms with Gasteiger partial charge in [0.05, 0.1) is 24.5 Å². The third-order valence-electron chi connectivity index (χ3n) is 4.21. The van der Waals surface area contributed by atoms with E-state index in [1.807, 2.05) is 48.2 Å². The van der Waals surface area contributed by atoms with Crippen LogP contribution in [0, 0.1) is 0 Å². The summed E-state index contributed by atoms with van der Waals surface area (Å²) in [5.74, 6) is 1.37. The minimum atomic E-state index is -0.105. The lowest BCUT2D eigenvalue weighted by Gasteiger charge is -2.28. The summed E-state index contributed by atoms with van der Waals surface area (Å²) in [5.41, 5.74) is 0.582. The van der Waals surface area contributed by atoms with E-state index < -0.39 is 0 Å². The van der Waals surface area contributed by atoms with Gasteiger partial charge in [-0.3, -0.25) is 4.79 Å². The Morgan fingerprint density at radius 3 is 2.71 bits per heavy atom. The van der Waals surface area contributed by atoms with Crippen LogP contribution in [0.3, 0.4) is 0 Å². The van der Waals surface area contributed by atoms with Crippen molar-refractivity contribution < 1.29 is 18.7 Å². The molecular weight excluding hydrogens is 306 g/mol. The van der Waals surface area contributed by atoms with E-state index in [9.17, 15) is 4.79 Å². The summed E-state index contributed by atoms with van der Waals surface area (Å²) < 4.78 is 16.2. The van der Waals surface area contributed by atoms with Crippen molar-refractivity contribution in [2.75, 3.05) is 20.3 Å². The molecule has 5 heteroatoms. The molecule has 128 valence electrons. The highest BCUT2D eigenvalue weighted by atomic mass is 16.5. The number of hydrogen-bond acceptors (Lipinski definition) is 4. The van der Waals surface area contributed by atoms with E-state index in [0.717, 1.165) is 18.6 Å². The van der Waals surface area contributed by atoms with Crippen LogP contribution in [-0.2, 0) is 4.74 Å². The lowest BCUT2D eigenvalue weighted by atomic mass is 10.1. The summed E-state index contributed by atoms with van der Waals surface area (Å²) in [4.78, 5) is 15.1. The Hall–Kier alpha value is -2.27. The van der Waals surface area contributed by atoms with E-state index in [0.29, 0.717) is 24.5 Å². The second-order valence-electron chi connectivity index (χ2n) is 5.97. The van der Waals surface area contributed by atoms with E-state index >= 15 is 0 Å². The standard InChI is InChI=1S/C19H23NO4/c1-14(17-8-5-11-23-17)20(15-9-10-15)19(21)16-6-3-4-7-18(16)24-13-12-22-2/h3-8,11,14-15H,9-10,12-13H2,1-2H3. The Labute approximate surface area is 142 Å². The molecule has 1 aliphatic carbocycles. The molecule has 0 aliphatic heterocycles. The number of benzene rings is 1. The number of ether oxygens (including phenoxy) is 2. The summed E-state index contributed by atoms with van der Waals surface area (Å²) in [6.45, 7) is 2.90. The highest BCUT2D eigenvalue weighted by Gasteiger charge is 2.38. The fourth-order valence-electron chi connectivity index (χ4n) is 2.82. The topological polar surface area (TPSA) is 51.9 Å². The molecule has 1 unspecified atom stereocenters. The third kappa shape index (κ3) is 3.62. The minimum Gasteiger partial charge on any atom is -0.490 e. The molecule has 1 atom stereocenters. The fraction of sp³-hybridized carbons (Fsp3) is 0.421. The van der Waals surface area contributed by atoms with Crippen molar-refractivity contribution in [3.63, 3.8) is 0 Å². The monoisotopic (exact) mass is 329 g/mol. The van der Waals surface area contributed by atoms with Gasteiger partial charge >= 0.3 is 0 Å². The zero-order chi connectivity index (χ0) is 16.9. The Kier molecular flexibility index (Phi) is 5.20. The molecule has 1 aliphatic rings. The van der Waals surface area contributed by atoms with Crippen LogP contribution in [0.15, 0.2) is 47.1 Å². The molecule has 0 saturated heterocycles. The highest BCUT2D eigenvalue weighted by Crippen LogP contribution is 2.37. The van der Waals surface area contributed by atoms with Crippen molar-refractivity contribution in [2.24, 2.45) is 0 Å². The molecule has 0 N–H and O–H groups in total. The largest absolute Gasteiger partial charge is 0.490 e. The van der Waals surface area contributed by atoms with Gasteiger partial charge in [-0.05, 0) is 44.0 Å². The van der Waals surface area contributed by atoms with Crippen molar-refractivity contribution in [3.8, 4) is 5.75 Å². The molecule has 1 aromatic heterocycles. The SMILES string of the molecule is COCCOc1ccccc1C(=O)N(C1CC1)C(C)c1ccco1. The van der Waals surface area contributed by atoms with Crippen LogP contribution >= 0.6 is 0 Å². The molecular formula is C19H23NO4. The molecule has 5 nitrogen and oxygen atoms in total. The fourth-order valence-corrected chi connectivity index (χ4v) is 2.82. The Balaban J connectivity index is 1.83. The summed E-state index contributed by atoms with van der Waals surface area (Å²) in [7, 11) is 1.63. The lowest BCUT2D eigenvalue weighted by Crippen LogP contribution is -2.35. The number of carbonyl (C=O) groups is 1. The molecule has 1 saturated carbocycles. The first-order valence-electron chi connectivity index (χ1n) is 8.29. The number of rotatable bonds is 8. The maximum Gasteiger partial charge on any atom is 0.258 e. The number of hydrogen-bond donors (Lipinski definition) is 0. The van der Waals surface area contributed by atoms with Gasteiger partial charge in [0.1, 0.15) is 18.1 Å². The molecule has 1 amide bonds. The first kappa shape index (κ1) is 16.6. The molecule has 1 heterocycles. The summed E-state index contributed by atoms with van der Waals surface area (Å²) in [6, 6.07) is 11.3. The molecule has 24 heavy (non-hydrogen) atoms. The second kappa shape index (κ2) is 7.53. The van der Waals surface area contributed by atoms with Crippen molar-refractivity contribution in [2.45, 2.75) is 31.8 Å². The smallest absolute Gasteiger partial charge is 0.258 e. The van der Waals surface area contributed by atoms with Gasteiger partial charge in [-0.25, -0.2) is 0 Å².